The summed E-state index contributed by atoms with van der Waals surface area (Å²) in [7, 11) is 1.69. The number of hydrogen-bond donors (Lipinski definition) is 2. The van der Waals surface area contributed by atoms with Crippen LogP contribution in [0.25, 0.3) is 0 Å². The molecule has 2 atom stereocenters. The molecule has 1 aliphatic carbocycles. The number of likely N-dealkylation sites (N-methyl/N-ethyl adjacent to an activating group) is 1. The van der Waals surface area contributed by atoms with Gasteiger partial charge in [0.15, 0.2) is 0 Å². The van der Waals surface area contributed by atoms with Gasteiger partial charge < -0.3 is 15.5 Å². The van der Waals surface area contributed by atoms with Gasteiger partial charge in [-0.05, 0) is 45.9 Å². The number of rotatable bonds is 9. The van der Waals surface area contributed by atoms with Crippen molar-refractivity contribution in [3.05, 3.63) is 18.0 Å². The molecule has 0 aromatic carbocycles. The van der Waals surface area contributed by atoms with Gasteiger partial charge in [0.1, 0.15) is 6.61 Å². The van der Waals surface area contributed by atoms with Gasteiger partial charge in [0.25, 0.3) is 0 Å². The average molecular weight is 349 g/mol. The maximum absolute atomic E-state index is 11.5. The number of carbonyl (C=O) groups excluding carboxylic acids is 2. The number of nitrogens with zero attached hydrogens (tertiary/aromatic N) is 3. The van der Waals surface area contributed by atoms with E-state index in [9.17, 15) is 9.59 Å². The van der Waals surface area contributed by atoms with Crippen LogP contribution in [0.4, 0.5) is 0 Å². The molecule has 1 aliphatic heterocycles. The number of ketones is 2. The minimum absolute atomic E-state index is 0.338. The van der Waals surface area contributed by atoms with E-state index in [1.54, 1.807) is 7.05 Å². The zero-order chi connectivity index (χ0) is 17.6. The number of aromatic nitrogens is 2. The highest BCUT2D eigenvalue weighted by Crippen LogP contribution is 2.12. The summed E-state index contributed by atoms with van der Waals surface area (Å²) in [5, 5.41) is 10.2. The van der Waals surface area contributed by atoms with Crippen LogP contribution in [0, 0.1) is 0 Å². The maximum atomic E-state index is 11.5. The Balaban J connectivity index is 1.31. The third kappa shape index (κ3) is 4.45. The second kappa shape index (κ2) is 8.55. The van der Waals surface area contributed by atoms with E-state index in [1.807, 2.05) is 12.4 Å². The fraction of sp³-hybridized carbons (Fsp3) is 0.706. The van der Waals surface area contributed by atoms with E-state index in [4.69, 9.17) is 4.84 Å². The topological polar surface area (TPSA) is 88.5 Å². The third-order valence-electron chi connectivity index (χ3n) is 4.83. The van der Waals surface area contributed by atoms with Gasteiger partial charge in [-0.15, -0.1) is 9.94 Å². The van der Waals surface area contributed by atoms with Crippen LogP contribution < -0.4 is 15.5 Å². The van der Waals surface area contributed by atoms with Gasteiger partial charge in [0.05, 0.1) is 24.5 Å². The van der Waals surface area contributed by atoms with E-state index in [-0.39, 0.29) is 11.6 Å². The first-order valence-corrected chi connectivity index (χ1v) is 9.07. The number of Topliss-reactive ketones (excluding diaryl/α,β-unsaturated/α-hetero) is 2. The lowest BCUT2D eigenvalue weighted by Gasteiger charge is -2.33. The number of nitrogens with one attached hydrogen (secondary N) is 2. The largest absolute Gasteiger partial charge is 0.397 e. The first kappa shape index (κ1) is 18.0. The number of carbonyl (C=O) groups is 2. The number of hydrogen-bond acceptors (Lipinski definition) is 7. The van der Waals surface area contributed by atoms with Crippen LogP contribution in [0.5, 0.6) is 0 Å². The molecule has 1 saturated heterocycles. The highest BCUT2D eigenvalue weighted by atomic mass is 16.7. The van der Waals surface area contributed by atoms with E-state index in [2.05, 4.69) is 20.6 Å². The molecule has 1 aromatic rings. The second-order valence-electron chi connectivity index (χ2n) is 6.70. The summed E-state index contributed by atoms with van der Waals surface area (Å²) in [6.07, 6.45) is 8.40. The van der Waals surface area contributed by atoms with Crippen molar-refractivity contribution < 1.29 is 14.4 Å². The van der Waals surface area contributed by atoms with Crippen LogP contribution >= 0.6 is 0 Å². The Bertz CT molecular complexity index is 597. The van der Waals surface area contributed by atoms with E-state index >= 15 is 0 Å². The predicted molar refractivity (Wildman–Crippen MR) is 92.1 cm³/mol. The van der Waals surface area contributed by atoms with Crippen LogP contribution in [-0.2, 0) is 16.1 Å². The van der Waals surface area contributed by atoms with Crippen molar-refractivity contribution in [2.45, 2.75) is 44.3 Å². The van der Waals surface area contributed by atoms with Gasteiger partial charge in [-0.3, -0.25) is 14.5 Å². The second-order valence-corrected chi connectivity index (χ2v) is 6.70. The Morgan fingerprint density at radius 1 is 1.20 bits per heavy atom. The number of likely N-dealkylation sites (tertiary alicyclic amines) is 1. The summed E-state index contributed by atoms with van der Waals surface area (Å²) in [4.78, 5) is 32.4. The Morgan fingerprint density at radius 2 is 1.96 bits per heavy atom. The molecule has 2 heterocycles. The van der Waals surface area contributed by atoms with Crippen molar-refractivity contribution in [3.8, 4) is 0 Å². The monoisotopic (exact) mass is 349 g/mol. The third-order valence-corrected chi connectivity index (χ3v) is 4.83. The van der Waals surface area contributed by atoms with Crippen molar-refractivity contribution >= 4 is 11.6 Å². The fourth-order valence-electron chi connectivity index (χ4n) is 3.38. The van der Waals surface area contributed by atoms with Gasteiger partial charge in [0, 0.05) is 12.1 Å². The Labute approximate surface area is 147 Å². The predicted octanol–water partition coefficient (Wildman–Crippen LogP) is -0.614. The van der Waals surface area contributed by atoms with Crippen molar-refractivity contribution in [3.63, 3.8) is 0 Å². The highest BCUT2D eigenvalue weighted by Gasteiger charge is 2.47. The molecule has 2 N–H and O–H groups in total. The summed E-state index contributed by atoms with van der Waals surface area (Å²) in [5.41, 5.74) is 1.16. The molecule has 0 radical (unpaired) electrons. The van der Waals surface area contributed by atoms with Crippen LogP contribution in [0.1, 0.15) is 31.2 Å². The zero-order valence-corrected chi connectivity index (χ0v) is 14.7. The molecule has 2 aliphatic rings. The molecule has 2 unspecified atom stereocenters. The van der Waals surface area contributed by atoms with Crippen LogP contribution in [0.2, 0.25) is 0 Å². The first-order chi connectivity index (χ1) is 12.2. The van der Waals surface area contributed by atoms with Crippen molar-refractivity contribution in [1.29, 1.82) is 0 Å². The molecule has 8 heteroatoms. The Hall–Kier alpha value is -1.77. The first-order valence-electron chi connectivity index (χ1n) is 9.07. The van der Waals surface area contributed by atoms with E-state index in [0.29, 0.717) is 13.2 Å². The molecule has 0 spiro atoms. The molecule has 25 heavy (non-hydrogen) atoms. The minimum atomic E-state index is -0.404. The lowest BCUT2D eigenvalue weighted by molar-refractivity contribution is -0.147. The SMILES string of the molecule is CNC1C(=O)C(=O)C1NCCCOn1cc(CN2CCCCC2)cn1. The zero-order valence-electron chi connectivity index (χ0n) is 14.7. The van der Waals surface area contributed by atoms with Crippen molar-refractivity contribution in [2.24, 2.45) is 0 Å². The van der Waals surface area contributed by atoms with Gasteiger partial charge in [0.2, 0.25) is 11.6 Å². The quantitative estimate of drug-likeness (QED) is 0.454. The molecular formula is C17H27N5O3. The summed E-state index contributed by atoms with van der Waals surface area (Å²) < 4.78 is 0. The standard InChI is InChI=1S/C17H27N5O3/c1-18-14-15(17(24)16(14)23)19-6-5-9-25-22-12-13(10-20-22)11-21-7-3-2-4-8-21/h10,12,14-15,18-19H,2-9,11H2,1H3. The van der Waals surface area contributed by atoms with Gasteiger partial charge in [-0.1, -0.05) is 6.42 Å². The molecule has 1 aromatic heterocycles. The Morgan fingerprint density at radius 3 is 2.72 bits per heavy atom. The van der Waals surface area contributed by atoms with Crippen LogP contribution in [-0.4, -0.2) is 71.8 Å². The molecule has 138 valence electrons. The van der Waals surface area contributed by atoms with Crippen LogP contribution in [0.15, 0.2) is 12.4 Å². The lowest BCUT2D eigenvalue weighted by atomic mass is 9.83. The molecule has 0 bridgehead atoms. The summed E-state index contributed by atoms with van der Waals surface area (Å²) in [6.45, 7) is 4.36. The molecule has 8 nitrogen and oxygen atoms in total. The number of piperidine rings is 1. The Kier molecular flexibility index (Phi) is 6.17. The molecule has 3 rings (SSSR count). The average Bonchev–Trinajstić information content (AvgIpc) is 3.08. The van der Waals surface area contributed by atoms with Gasteiger partial charge in [-0.2, -0.15) is 0 Å². The van der Waals surface area contributed by atoms with Crippen molar-refractivity contribution in [1.82, 2.24) is 25.5 Å². The minimum Gasteiger partial charge on any atom is -0.397 e. The summed E-state index contributed by atoms with van der Waals surface area (Å²) >= 11 is 0. The van der Waals surface area contributed by atoms with Gasteiger partial charge in [-0.25, -0.2) is 0 Å². The molecule has 2 fully saturated rings. The van der Waals surface area contributed by atoms with E-state index < -0.39 is 12.1 Å². The molecular weight excluding hydrogens is 322 g/mol. The van der Waals surface area contributed by atoms with E-state index in [1.165, 1.54) is 24.1 Å². The molecule has 0 amide bonds. The van der Waals surface area contributed by atoms with Crippen molar-refractivity contribution in [2.75, 3.05) is 33.3 Å². The summed E-state index contributed by atoms with van der Waals surface area (Å²) in [5.74, 6) is -0.677. The smallest absolute Gasteiger partial charge is 0.219 e. The maximum Gasteiger partial charge on any atom is 0.219 e. The highest BCUT2D eigenvalue weighted by molar-refractivity contribution is 6.49. The van der Waals surface area contributed by atoms with E-state index in [0.717, 1.165) is 31.6 Å². The lowest BCUT2D eigenvalue weighted by Crippen LogP contribution is -2.68. The fourth-order valence-corrected chi connectivity index (χ4v) is 3.38. The van der Waals surface area contributed by atoms with Gasteiger partial charge >= 0.3 is 0 Å². The molecule has 1 saturated carbocycles. The summed E-state index contributed by atoms with van der Waals surface area (Å²) in [6, 6.07) is -0.796. The normalized spacial score (nSPS) is 24.4. The van der Waals surface area contributed by atoms with Crippen LogP contribution in [0.3, 0.4) is 0 Å².